The van der Waals surface area contributed by atoms with Crippen LogP contribution in [0.1, 0.15) is 37.7 Å². The number of nitrogens with zero attached hydrogens (tertiary/aromatic N) is 2. The lowest BCUT2D eigenvalue weighted by molar-refractivity contribution is 0.102. The first-order valence-corrected chi connectivity index (χ1v) is 9.08. The van der Waals surface area contributed by atoms with Gasteiger partial charge in [0.05, 0.1) is 5.56 Å². The smallest absolute Gasteiger partial charge is 0.259 e. The molecule has 0 unspecified atom stereocenters. The molecular formula is C23H17N3O2. The van der Waals surface area contributed by atoms with Crippen molar-refractivity contribution in [3.05, 3.63) is 88.9 Å². The van der Waals surface area contributed by atoms with E-state index in [-0.39, 0.29) is 11.7 Å². The van der Waals surface area contributed by atoms with Crippen molar-refractivity contribution in [3.63, 3.8) is 0 Å². The highest BCUT2D eigenvalue weighted by atomic mass is 16.1. The summed E-state index contributed by atoms with van der Waals surface area (Å²) in [5, 5.41) is 2.91. The van der Waals surface area contributed by atoms with Crippen LogP contribution in [0.3, 0.4) is 0 Å². The van der Waals surface area contributed by atoms with Crippen LogP contribution in [-0.2, 0) is 0 Å². The summed E-state index contributed by atoms with van der Waals surface area (Å²) in [7, 11) is 0. The third kappa shape index (κ3) is 2.36. The van der Waals surface area contributed by atoms with Gasteiger partial charge in [-0.1, -0.05) is 30.3 Å². The Balaban J connectivity index is 1.50. The second-order valence-electron chi connectivity index (χ2n) is 7.05. The van der Waals surface area contributed by atoms with Gasteiger partial charge in [0.1, 0.15) is 5.65 Å². The first kappa shape index (κ1) is 16.4. The molecule has 0 saturated carbocycles. The first-order chi connectivity index (χ1) is 13.5. The molecule has 1 N–H and O–H groups in total. The number of carbonyl (C=O) groups is 2. The van der Waals surface area contributed by atoms with Gasteiger partial charge in [-0.3, -0.25) is 9.59 Å². The molecule has 28 heavy (non-hydrogen) atoms. The molecule has 0 saturated heterocycles. The molecule has 0 spiro atoms. The number of hydrogen-bond donors (Lipinski definition) is 1. The molecule has 4 aromatic rings. The van der Waals surface area contributed by atoms with Crippen LogP contribution in [0.25, 0.3) is 16.8 Å². The summed E-state index contributed by atoms with van der Waals surface area (Å²) in [5.41, 5.74) is 6.76. The quantitative estimate of drug-likeness (QED) is 0.502. The number of hydrogen-bond acceptors (Lipinski definition) is 3. The highest BCUT2D eigenvalue weighted by Crippen LogP contribution is 2.37. The van der Waals surface area contributed by atoms with Gasteiger partial charge >= 0.3 is 0 Å². The Morgan fingerprint density at radius 3 is 2.50 bits per heavy atom. The lowest BCUT2D eigenvalue weighted by atomic mass is 10.1. The van der Waals surface area contributed by atoms with E-state index in [0.29, 0.717) is 28.0 Å². The van der Waals surface area contributed by atoms with E-state index in [0.717, 1.165) is 22.5 Å². The fourth-order valence-corrected chi connectivity index (χ4v) is 3.88. The summed E-state index contributed by atoms with van der Waals surface area (Å²) in [4.78, 5) is 30.0. The van der Waals surface area contributed by atoms with Crippen molar-refractivity contribution in [1.82, 2.24) is 9.38 Å². The van der Waals surface area contributed by atoms with Crippen molar-refractivity contribution in [3.8, 4) is 11.1 Å². The second kappa shape index (κ2) is 5.89. The van der Waals surface area contributed by atoms with E-state index in [1.807, 2.05) is 66.9 Å². The molecule has 2 heterocycles. The monoisotopic (exact) mass is 367 g/mol. The lowest BCUT2D eigenvalue weighted by Crippen LogP contribution is -2.13. The van der Waals surface area contributed by atoms with Crippen molar-refractivity contribution in [2.75, 3.05) is 5.32 Å². The zero-order valence-electron chi connectivity index (χ0n) is 15.5. The molecule has 136 valence electrons. The van der Waals surface area contributed by atoms with Gasteiger partial charge in [-0.15, -0.1) is 0 Å². The summed E-state index contributed by atoms with van der Waals surface area (Å²) in [6, 6.07) is 16.8. The molecular weight excluding hydrogens is 350 g/mol. The molecule has 0 aliphatic heterocycles. The predicted octanol–water partition coefficient (Wildman–Crippen LogP) is 4.41. The van der Waals surface area contributed by atoms with Crippen molar-refractivity contribution < 1.29 is 9.59 Å². The van der Waals surface area contributed by atoms with Crippen LogP contribution in [0, 0.1) is 13.8 Å². The SMILES string of the molecule is Cc1cc(C)n2ccc(C(=O)Nc3ccc4c(c3)C(=O)c3ccccc3-4)c2n1. The van der Waals surface area contributed by atoms with Gasteiger partial charge in [-0.2, -0.15) is 0 Å². The van der Waals surface area contributed by atoms with Crippen LogP contribution in [0.4, 0.5) is 5.69 Å². The van der Waals surface area contributed by atoms with Crippen molar-refractivity contribution in [2.24, 2.45) is 0 Å². The standard InChI is InChI=1S/C23H17N3O2/c1-13-11-14(2)26-10-9-19(22(26)24-13)23(28)25-15-7-8-17-16-5-3-4-6-18(16)21(27)20(17)12-15/h3-12H,1-2H3,(H,25,28). The summed E-state index contributed by atoms with van der Waals surface area (Å²) in [5.74, 6) is -0.258. The second-order valence-corrected chi connectivity index (χ2v) is 7.05. The van der Waals surface area contributed by atoms with E-state index in [1.165, 1.54) is 0 Å². The highest BCUT2D eigenvalue weighted by Gasteiger charge is 2.26. The van der Waals surface area contributed by atoms with Crippen LogP contribution in [0.2, 0.25) is 0 Å². The molecule has 0 atom stereocenters. The number of carbonyl (C=O) groups excluding carboxylic acids is 2. The summed E-state index contributed by atoms with van der Waals surface area (Å²) >= 11 is 0. The highest BCUT2D eigenvalue weighted by molar-refractivity contribution is 6.22. The molecule has 5 rings (SSSR count). The van der Waals surface area contributed by atoms with Crippen molar-refractivity contribution in [1.29, 1.82) is 0 Å². The Kier molecular flexibility index (Phi) is 3.46. The van der Waals surface area contributed by atoms with E-state index in [9.17, 15) is 9.59 Å². The lowest BCUT2D eigenvalue weighted by Gasteiger charge is -2.08. The number of rotatable bonds is 2. The number of aryl methyl sites for hydroxylation is 2. The van der Waals surface area contributed by atoms with Gasteiger partial charge in [0.15, 0.2) is 5.78 Å². The Bertz CT molecular complexity index is 1300. The fourth-order valence-electron chi connectivity index (χ4n) is 3.88. The fraction of sp³-hybridized carbons (Fsp3) is 0.0870. The zero-order valence-corrected chi connectivity index (χ0v) is 15.5. The molecule has 0 bridgehead atoms. The maximum atomic E-state index is 12.9. The molecule has 1 aliphatic rings. The molecule has 1 amide bonds. The molecule has 0 fully saturated rings. The number of benzene rings is 2. The Hall–Kier alpha value is -3.73. The molecule has 0 radical (unpaired) electrons. The van der Waals surface area contributed by atoms with Crippen molar-refractivity contribution in [2.45, 2.75) is 13.8 Å². The normalized spacial score (nSPS) is 12.1. The third-order valence-electron chi connectivity index (χ3n) is 5.17. The number of ketones is 1. The molecule has 5 nitrogen and oxygen atoms in total. The van der Waals surface area contributed by atoms with E-state index >= 15 is 0 Å². The Morgan fingerprint density at radius 2 is 1.68 bits per heavy atom. The van der Waals surface area contributed by atoms with Gasteiger partial charge in [-0.25, -0.2) is 4.98 Å². The molecule has 2 aromatic carbocycles. The average Bonchev–Trinajstić information content (AvgIpc) is 3.22. The molecule has 2 aromatic heterocycles. The number of anilines is 1. The Morgan fingerprint density at radius 1 is 0.929 bits per heavy atom. The minimum atomic E-state index is -0.247. The van der Waals surface area contributed by atoms with Crippen LogP contribution >= 0.6 is 0 Å². The molecule has 5 heteroatoms. The number of nitrogens with one attached hydrogen (secondary N) is 1. The van der Waals surface area contributed by atoms with E-state index in [4.69, 9.17) is 0 Å². The van der Waals surface area contributed by atoms with Gasteiger partial charge < -0.3 is 9.72 Å². The van der Waals surface area contributed by atoms with Gasteiger partial charge in [0, 0.05) is 34.4 Å². The van der Waals surface area contributed by atoms with Crippen LogP contribution in [0.5, 0.6) is 0 Å². The average molecular weight is 367 g/mol. The largest absolute Gasteiger partial charge is 0.322 e. The maximum Gasteiger partial charge on any atom is 0.259 e. The summed E-state index contributed by atoms with van der Waals surface area (Å²) in [6.07, 6.45) is 1.84. The van der Waals surface area contributed by atoms with Gasteiger partial charge in [0.25, 0.3) is 5.91 Å². The van der Waals surface area contributed by atoms with Crippen LogP contribution in [-0.4, -0.2) is 21.1 Å². The Labute approximate surface area is 161 Å². The maximum absolute atomic E-state index is 12.9. The van der Waals surface area contributed by atoms with Gasteiger partial charge in [0.2, 0.25) is 0 Å². The predicted molar refractivity (Wildman–Crippen MR) is 108 cm³/mol. The first-order valence-electron chi connectivity index (χ1n) is 9.08. The summed E-state index contributed by atoms with van der Waals surface area (Å²) < 4.78 is 1.89. The van der Waals surface area contributed by atoms with Crippen LogP contribution in [0.15, 0.2) is 60.8 Å². The number of fused-ring (bicyclic) bond motifs is 4. The minimum absolute atomic E-state index is 0.0102. The van der Waals surface area contributed by atoms with Crippen LogP contribution < -0.4 is 5.32 Å². The number of amides is 1. The van der Waals surface area contributed by atoms with E-state index in [1.54, 1.807) is 12.1 Å². The minimum Gasteiger partial charge on any atom is -0.322 e. The summed E-state index contributed by atoms with van der Waals surface area (Å²) in [6.45, 7) is 3.89. The third-order valence-corrected chi connectivity index (χ3v) is 5.17. The van der Waals surface area contributed by atoms with Crippen molar-refractivity contribution >= 4 is 23.0 Å². The van der Waals surface area contributed by atoms with Gasteiger partial charge in [-0.05, 0) is 49.2 Å². The topological polar surface area (TPSA) is 63.5 Å². The zero-order chi connectivity index (χ0) is 19.4. The van der Waals surface area contributed by atoms with E-state index < -0.39 is 0 Å². The molecule has 1 aliphatic carbocycles. The van der Waals surface area contributed by atoms with E-state index in [2.05, 4.69) is 10.3 Å². The number of aromatic nitrogens is 2.